The molecule has 5 atom stereocenters. The van der Waals surface area contributed by atoms with Gasteiger partial charge in [0, 0.05) is 0 Å². The molecule has 0 saturated carbocycles. The van der Waals surface area contributed by atoms with Crippen molar-refractivity contribution in [2.75, 3.05) is 0 Å². The molecule has 2 fully saturated rings. The maximum atomic E-state index is 7.32. The maximum absolute atomic E-state index is 7.32. The molecule has 0 N–H and O–H groups in total. The molecule has 0 aromatic heterocycles. The molecule has 2 heterocycles. The first-order chi connectivity index (χ1) is 9.88. The Labute approximate surface area is 135 Å². The summed E-state index contributed by atoms with van der Waals surface area (Å²) in [7, 11) is -1.90. The van der Waals surface area contributed by atoms with Crippen molar-refractivity contribution >= 4 is 8.32 Å². The number of ether oxygens (including phenoxy) is 3. The van der Waals surface area contributed by atoms with Gasteiger partial charge in [-0.1, -0.05) is 20.8 Å². The molecule has 2 aliphatic rings. The minimum absolute atomic E-state index is 0.127. The lowest BCUT2D eigenvalue weighted by Crippen LogP contribution is -2.48. The summed E-state index contributed by atoms with van der Waals surface area (Å²) in [5.74, 6) is -0.670. The van der Waals surface area contributed by atoms with Crippen LogP contribution in [0, 0.1) is 6.57 Å². The highest BCUT2D eigenvalue weighted by atomic mass is 28.4. The van der Waals surface area contributed by atoms with Gasteiger partial charge in [0.2, 0.25) is 0 Å². The van der Waals surface area contributed by atoms with Gasteiger partial charge in [-0.05, 0) is 38.9 Å². The predicted molar refractivity (Wildman–Crippen MR) is 86.8 cm³/mol. The Morgan fingerprint density at radius 2 is 1.73 bits per heavy atom. The molecule has 2 aliphatic heterocycles. The molecule has 0 radical (unpaired) electrons. The lowest BCUT2D eigenvalue weighted by molar-refractivity contribution is -0.190. The molecule has 22 heavy (non-hydrogen) atoms. The Hall–Kier alpha value is -0.453. The molecular weight excluding hydrogens is 298 g/mol. The molecular formula is C16H29NO4Si. The summed E-state index contributed by atoms with van der Waals surface area (Å²) in [5.41, 5.74) is 0. The summed E-state index contributed by atoms with van der Waals surface area (Å²) in [6, 6.07) is 0. The fraction of sp³-hybridized carbons (Fsp3) is 0.938. The van der Waals surface area contributed by atoms with E-state index in [1.54, 1.807) is 0 Å². The molecule has 0 spiro atoms. The van der Waals surface area contributed by atoms with Crippen LogP contribution < -0.4 is 0 Å². The van der Waals surface area contributed by atoms with Crippen molar-refractivity contribution in [3.05, 3.63) is 11.4 Å². The fourth-order valence-corrected chi connectivity index (χ4v) is 4.22. The summed E-state index contributed by atoms with van der Waals surface area (Å²) in [5, 5.41) is 0.130. The molecule has 5 nitrogen and oxygen atoms in total. The van der Waals surface area contributed by atoms with Gasteiger partial charge < -0.3 is 13.9 Å². The van der Waals surface area contributed by atoms with Gasteiger partial charge in [-0.25, -0.2) is 6.57 Å². The third-order valence-corrected chi connectivity index (χ3v) is 9.52. The van der Waals surface area contributed by atoms with Crippen LogP contribution in [-0.4, -0.2) is 44.7 Å². The number of nitrogens with zero attached hydrogens (tertiary/aromatic N) is 1. The van der Waals surface area contributed by atoms with E-state index in [2.05, 4.69) is 38.7 Å². The van der Waals surface area contributed by atoms with E-state index in [0.29, 0.717) is 0 Å². The Morgan fingerprint density at radius 1 is 1.18 bits per heavy atom. The molecule has 126 valence electrons. The zero-order valence-corrected chi connectivity index (χ0v) is 16.0. The number of rotatable bonds is 3. The van der Waals surface area contributed by atoms with E-state index in [4.69, 9.17) is 25.2 Å². The van der Waals surface area contributed by atoms with Crippen LogP contribution in [0.5, 0.6) is 0 Å². The molecule has 2 rings (SSSR count). The molecule has 0 bridgehead atoms. The van der Waals surface area contributed by atoms with Crippen LogP contribution in [0.3, 0.4) is 0 Å². The Kier molecular flexibility index (Phi) is 4.53. The largest absolute Gasteiger partial charge is 0.411 e. The van der Waals surface area contributed by atoms with E-state index in [9.17, 15) is 0 Å². The monoisotopic (exact) mass is 327 g/mol. The van der Waals surface area contributed by atoms with Crippen molar-refractivity contribution < 1.29 is 18.6 Å². The number of fused-ring (bicyclic) bond motifs is 1. The van der Waals surface area contributed by atoms with Crippen LogP contribution in [-0.2, 0) is 18.6 Å². The number of hydrogen-bond donors (Lipinski definition) is 0. The molecule has 2 saturated heterocycles. The van der Waals surface area contributed by atoms with E-state index in [1.807, 2.05) is 20.8 Å². The van der Waals surface area contributed by atoms with Gasteiger partial charge in [-0.15, -0.1) is 0 Å². The maximum Gasteiger partial charge on any atom is 0.357 e. The van der Waals surface area contributed by atoms with Gasteiger partial charge in [0.05, 0.1) is 6.10 Å². The van der Waals surface area contributed by atoms with Crippen molar-refractivity contribution in [3.8, 4) is 0 Å². The Morgan fingerprint density at radius 3 is 2.23 bits per heavy atom. The fourth-order valence-electron chi connectivity index (χ4n) is 2.80. The van der Waals surface area contributed by atoms with E-state index < -0.39 is 20.3 Å². The zero-order chi connectivity index (χ0) is 16.9. The summed E-state index contributed by atoms with van der Waals surface area (Å²) < 4.78 is 24.1. The summed E-state index contributed by atoms with van der Waals surface area (Å²) >= 11 is 0. The second-order valence-corrected chi connectivity index (χ2v) is 13.0. The SMILES string of the molecule is [C-]#[N+][C@H]1O[C@H]([C@@H](C)O[Si](C)(C)C(C)(C)C)[C@H]2OC(C)(C)O[C@H]21. The van der Waals surface area contributed by atoms with Gasteiger partial charge in [0.1, 0.15) is 12.2 Å². The third-order valence-electron chi connectivity index (χ3n) is 4.94. The van der Waals surface area contributed by atoms with Crippen LogP contribution >= 0.6 is 0 Å². The highest BCUT2D eigenvalue weighted by molar-refractivity contribution is 6.74. The van der Waals surface area contributed by atoms with Gasteiger partial charge in [-0.3, -0.25) is 9.58 Å². The van der Waals surface area contributed by atoms with Gasteiger partial charge in [0.15, 0.2) is 20.2 Å². The van der Waals surface area contributed by atoms with Crippen LogP contribution in [0.15, 0.2) is 0 Å². The second-order valence-electron chi connectivity index (χ2n) is 8.27. The first-order valence-corrected chi connectivity index (χ1v) is 10.8. The molecule has 0 aromatic carbocycles. The lowest BCUT2D eigenvalue weighted by atomic mass is 10.1. The van der Waals surface area contributed by atoms with Gasteiger partial charge >= 0.3 is 6.23 Å². The van der Waals surface area contributed by atoms with Crippen LogP contribution in [0.4, 0.5) is 0 Å². The summed E-state index contributed by atoms with van der Waals surface area (Å²) in [6.45, 7) is 24.2. The summed E-state index contributed by atoms with van der Waals surface area (Å²) in [6.07, 6.45) is -1.57. The average molecular weight is 327 g/mol. The Bertz CT molecular complexity index is 466. The second kappa shape index (κ2) is 5.57. The molecule has 0 amide bonds. The smallest absolute Gasteiger partial charge is 0.357 e. The minimum atomic E-state index is -1.90. The third kappa shape index (κ3) is 3.24. The first-order valence-electron chi connectivity index (χ1n) is 7.93. The minimum Gasteiger partial charge on any atom is -0.411 e. The van der Waals surface area contributed by atoms with Crippen molar-refractivity contribution in [3.63, 3.8) is 0 Å². The van der Waals surface area contributed by atoms with E-state index in [0.717, 1.165) is 0 Å². The van der Waals surface area contributed by atoms with E-state index >= 15 is 0 Å². The first kappa shape index (κ1) is 17.9. The van der Waals surface area contributed by atoms with Crippen molar-refractivity contribution in [1.82, 2.24) is 0 Å². The van der Waals surface area contributed by atoms with Crippen molar-refractivity contribution in [2.45, 2.75) is 96.1 Å². The highest BCUT2D eigenvalue weighted by Gasteiger charge is 2.60. The van der Waals surface area contributed by atoms with Crippen LogP contribution in [0.2, 0.25) is 18.1 Å². The van der Waals surface area contributed by atoms with Gasteiger partial charge in [0.25, 0.3) is 0 Å². The Balaban J connectivity index is 2.14. The molecule has 0 aromatic rings. The molecule has 0 unspecified atom stereocenters. The van der Waals surface area contributed by atoms with E-state index in [-0.39, 0.29) is 29.5 Å². The van der Waals surface area contributed by atoms with Crippen molar-refractivity contribution in [2.24, 2.45) is 0 Å². The predicted octanol–water partition coefficient (Wildman–Crippen LogP) is 3.56. The number of hydrogen-bond acceptors (Lipinski definition) is 4. The van der Waals surface area contributed by atoms with Gasteiger partial charge in [-0.2, -0.15) is 0 Å². The van der Waals surface area contributed by atoms with Crippen molar-refractivity contribution in [1.29, 1.82) is 0 Å². The quantitative estimate of drug-likeness (QED) is 0.587. The standard InChI is InChI=1S/C16H29NO4Si/c1-10(21-22(8,9)15(2,3)4)11-12-13(14(17-7)18-11)20-16(5,6)19-12/h10-14H,1-6,8-9H3/t10-,11-,12-,13-,14+/m1/s1. The summed E-state index contributed by atoms with van der Waals surface area (Å²) in [4.78, 5) is 3.55. The zero-order valence-electron chi connectivity index (χ0n) is 15.0. The normalized spacial score (nSPS) is 36.0. The molecule has 0 aliphatic carbocycles. The van der Waals surface area contributed by atoms with Crippen LogP contribution in [0.25, 0.3) is 4.85 Å². The van der Waals surface area contributed by atoms with E-state index in [1.165, 1.54) is 0 Å². The molecule has 6 heteroatoms. The lowest BCUT2D eigenvalue weighted by Gasteiger charge is -2.40. The van der Waals surface area contributed by atoms with Crippen LogP contribution in [0.1, 0.15) is 41.5 Å². The average Bonchev–Trinajstić information content (AvgIpc) is 2.79. The topological polar surface area (TPSA) is 41.3 Å². The highest BCUT2D eigenvalue weighted by Crippen LogP contribution is 2.43.